The molecule has 0 saturated heterocycles. The number of aromatic nitrogens is 1. The van der Waals surface area contributed by atoms with Crippen molar-refractivity contribution in [3.8, 4) is 0 Å². The van der Waals surface area contributed by atoms with E-state index in [-0.39, 0.29) is 6.04 Å². The number of benzene rings is 2. The maximum atomic E-state index is 6.14. The molecule has 0 aliphatic heterocycles. The molecule has 1 heterocycles. The van der Waals surface area contributed by atoms with E-state index in [1.807, 2.05) is 36.5 Å². The Morgan fingerprint density at radius 3 is 2.52 bits per heavy atom. The maximum absolute atomic E-state index is 6.14. The Hall–Kier alpha value is -2.06. The predicted octanol–water partition coefficient (Wildman–Crippen LogP) is 4.50. The standard InChI is InChI=1S/C18H17ClN2/c19-13-15(12-14-6-2-1-3-7-14)21-18-10-11-20-17-9-5-4-8-16(17)18/h1-11,15H,12-13H2,(H,20,21). The molecule has 3 rings (SSSR count). The molecule has 1 N–H and O–H groups in total. The Morgan fingerprint density at radius 2 is 1.71 bits per heavy atom. The van der Waals surface area contributed by atoms with Crippen LogP contribution in [0.4, 0.5) is 5.69 Å². The lowest BCUT2D eigenvalue weighted by Crippen LogP contribution is -2.24. The van der Waals surface area contributed by atoms with E-state index in [1.165, 1.54) is 5.56 Å². The van der Waals surface area contributed by atoms with E-state index >= 15 is 0 Å². The lowest BCUT2D eigenvalue weighted by molar-refractivity contribution is 0.798. The lowest BCUT2D eigenvalue weighted by atomic mass is 10.1. The molecule has 3 aromatic rings. The Labute approximate surface area is 129 Å². The molecule has 1 unspecified atom stereocenters. The second kappa shape index (κ2) is 6.59. The van der Waals surface area contributed by atoms with Gasteiger partial charge in [-0.25, -0.2) is 0 Å². The highest BCUT2D eigenvalue weighted by Gasteiger charge is 2.10. The number of alkyl halides is 1. The van der Waals surface area contributed by atoms with Crippen LogP contribution in [0.25, 0.3) is 10.9 Å². The normalized spacial score (nSPS) is 12.2. The Bertz CT molecular complexity index is 707. The van der Waals surface area contributed by atoms with Crippen LogP contribution in [0.5, 0.6) is 0 Å². The Kier molecular flexibility index (Phi) is 4.37. The minimum Gasteiger partial charge on any atom is -0.380 e. The molecule has 0 aliphatic carbocycles. The first-order valence-electron chi connectivity index (χ1n) is 7.07. The second-order valence-electron chi connectivity index (χ2n) is 5.06. The summed E-state index contributed by atoms with van der Waals surface area (Å²) in [7, 11) is 0. The number of hydrogen-bond donors (Lipinski definition) is 1. The third-order valence-corrected chi connectivity index (χ3v) is 3.89. The molecule has 106 valence electrons. The number of pyridine rings is 1. The molecule has 2 nitrogen and oxygen atoms in total. The highest BCUT2D eigenvalue weighted by molar-refractivity contribution is 6.18. The van der Waals surface area contributed by atoms with Gasteiger partial charge in [-0.2, -0.15) is 0 Å². The minimum absolute atomic E-state index is 0.194. The number of rotatable bonds is 5. The van der Waals surface area contributed by atoms with Crippen LogP contribution in [0.3, 0.4) is 0 Å². The molecule has 0 spiro atoms. The fourth-order valence-electron chi connectivity index (χ4n) is 2.48. The summed E-state index contributed by atoms with van der Waals surface area (Å²) in [5.74, 6) is 0.561. The zero-order valence-electron chi connectivity index (χ0n) is 11.7. The summed E-state index contributed by atoms with van der Waals surface area (Å²) in [6.07, 6.45) is 2.74. The predicted molar refractivity (Wildman–Crippen MR) is 90.0 cm³/mol. The van der Waals surface area contributed by atoms with Gasteiger partial charge >= 0.3 is 0 Å². The average Bonchev–Trinajstić information content (AvgIpc) is 2.55. The van der Waals surface area contributed by atoms with Crippen LogP contribution in [0.15, 0.2) is 66.9 Å². The van der Waals surface area contributed by atoms with Crippen molar-refractivity contribution >= 4 is 28.2 Å². The van der Waals surface area contributed by atoms with Gasteiger partial charge < -0.3 is 5.32 Å². The average molecular weight is 297 g/mol. The molecule has 0 fully saturated rings. The van der Waals surface area contributed by atoms with E-state index in [0.717, 1.165) is 23.0 Å². The van der Waals surface area contributed by atoms with Crippen LogP contribution in [0.1, 0.15) is 5.56 Å². The zero-order chi connectivity index (χ0) is 14.5. The molecule has 0 saturated carbocycles. The maximum Gasteiger partial charge on any atom is 0.0722 e. The Balaban J connectivity index is 1.82. The summed E-state index contributed by atoms with van der Waals surface area (Å²) >= 11 is 6.14. The van der Waals surface area contributed by atoms with Crippen LogP contribution in [0, 0.1) is 0 Å². The van der Waals surface area contributed by atoms with Crippen molar-refractivity contribution in [2.75, 3.05) is 11.2 Å². The van der Waals surface area contributed by atoms with Gasteiger partial charge in [0.1, 0.15) is 0 Å². The first-order chi connectivity index (χ1) is 10.4. The van der Waals surface area contributed by atoms with E-state index in [1.54, 1.807) is 0 Å². The summed E-state index contributed by atoms with van der Waals surface area (Å²) in [5.41, 5.74) is 3.37. The first-order valence-corrected chi connectivity index (χ1v) is 7.60. The van der Waals surface area contributed by atoms with E-state index < -0.39 is 0 Å². The van der Waals surface area contributed by atoms with Crippen LogP contribution < -0.4 is 5.32 Å². The molecular weight excluding hydrogens is 280 g/mol. The third-order valence-electron chi connectivity index (χ3n) is 3.52. The van der Waals surface area contributed by atoms with E-state index in [4.69, 9.17) is 11.6 Å². The molecule has 3 heteroatoms. The van der Waals surface area contributed by atoms with Crippen molar-refractivity contribution in [2.24, 2.45) is 0 Å². The summed E-state index contributed by atoms with van der Waals surface area (Å²) in [4.78, 5) is 4.39. The molecular formula is C18H17ClN2. The number of fused-ring (bicyclic) bond motifs is 1. The number of hydrogen-bond acceptors (Lipinski definition) is 2. The molecule has 0 radical (unpaired) electrons. The summed E-state index contributed by atoms with van der Waals surface area (Å²) in [6.45, 7) is 0. The van der Waals surface area contributed by atoms with Crippen molar-refractivity contribution in [1.82, 2.24) is 4.98 Å². The quantitative estimate of drug-likeness (QED) is 0.701. The van der Waals surface area contributed by atoms with Crippen LogP contribution in [-0.2, 0) is 6.42 Å². The first kappa shape index (κ1) is 13.9. The lowest BCUT2D eigenvalue weighted by Gasteiger charge is -2.18. The van der Waals surface area contributed by atoms with Crippen LogP contribution in [-0.4, -0.2) is 16.9 Å². The molecule has 1 atom stereocenters. The van der Waals surface area contributed by atoms with Crippen molar-refractivity contribution in [3.05, 3.63) is 72.4 Å². The largest absolute Gasteiger partial charge is 0.380 e. The fourth-order valence-corrected chi connectivity index (χ4v) is 2.67. The van der Waals surface area contributed by atoms with Gasteiger partial charge in [-0.3, -0.25) is 4.98 Å². The molecule has 0 amide bonds. The van der Waals surface area contributed by atoms with Crippen molar-refractivity contribution in [3.63, 3.8) is 0 Å². The molecule has 2 aromatic carbocycles. The summed E-state index contributed by atoms with van der Waals surface area (Å²) in [5, 5.41) is 4.68. The third kappa shape index (κ3) is 3.34. The Morgan fingerprint density at radius 1 is 0.952 bits per heavy atom. The number of para-hydroxylation sites is 1. The zero-order valence-corrected chi connectivity index (χ0v) is 12.4. The van der Waals surface area contributed by atoms with Crippen LogP contribution >= 0.6 is 11.6 Å². The highest BCUT2D eigenvalue weighted by atomic mass is 35.5. The van der Waals surface area contributed by atoms with E-state index in [9.17, 15) is 0 Å². The summed E-state index contributed by atoms with van der Waals surface area (Å²) in [6, 6.07) is 20.7. The second-order valence-corrected chi connectivity index (χ2v) is 5.37. The molecule has 0 bridgehead atoms. The minimum atomic E-state index is 0.194. The van der Waals surface area contributed by atoms with E-state index in [0.29, 0.717) is 5.88 Å². The number of halogens is 1. The van der Waals surface area contributed by atoms with E-state index in [2.05, 4.69) is 40.6 Å². The van der Waals surface area contributed by atoms with Crippen LogP contribution in [0.2, 0.25) is 0 Å². The molecule has 1 aromatic heterocycles. The molecule has 0 aliphatic rings. The van der Waals surface area contributed by atoms with Crippen molar-refractivity contribution < 1.29 is 0 Å². The highest BCUT2D eigenvalue weighted by Crippen LogP contribution is 2.22. The number of nitrogens with one attached hydrogen (secondary N) is 1. The van der Waals surface area contributed by atoms with Crippen molar-refractivity contribution in [1.29, 1.82) is 0 Å². The van der Waals surface area contributed by atoms with Crippen molar-refractivity contribution in [2.45, 2.75) is 12.5 Å². The number of anilines is 1. The smallest absolute Gasteiger partial charge is 0.0722 e. The molecule has 21 heavy (non-hydrogen) atoms. The van der Waals surface area contributed by atoms with Gasteiger partial charge in [-0.15, -0.1) is 11.6 Å². The van der Waals surface area contributed by atoms with Gasteiger partial charge in [-0.05, 0) is 24.1 Å². The van der Waals surface area contributed by atoms with Gasteiger partial charge in [0.2, 0.25) is 0 Å². The summed E-state index contributed by atoms with van der Waals surface area (Å²) < 4.78 is 0. The SMILES string of the molecule is ClCC(Cc1ccccc1)Nc1ccnc2ccccc12. The number of nitrogens with zero attached hydrogens (tertiary/aromatic N) is 1. The van der Waals surface area contributed by atoms with Gasteiger partial charge in [0.15, 0.2) is 0 Å². The van der Waals surface area contributed by atoms with Gasteiger partial charge in [0.05, 0.1) is 5.52 Å². The fraction of sp³-hybridized carbons (Fsp3) is 0.167. The monoisotopic (exact) mass is 296 g/mol. The van der Waals surface area contributed by atoms with Gasteiger partial charge in [0.25, 0.3) is 0 Å². The van der Waals surface area contributed by atoms with Gasteiger partial charge in [0, 0.05) is 29.2 Å². The van der Waals surface area contributed by atoms with Gasteiger partial charge in [-0.1, -0.05) is 48.5 Å². The topological polar surface area (TPSA) is 24.9 Å².